The van der Waals surface area contributed by atoms with Crippen molar-refractivity contribution in [3.63, 3.8) is 0 Å². The van der Waals surface area contributed by atoms with Gasteiger partial charge < -0.3 is 11.1 Å². The van der Waals surface area contributed by atoms with Crippen molar-refractivity contribution in [2.24, 2.45) is 11.7 Å². The Morgan fingerprint density at radius 3 is 2.86 bits per heavy atom. The number of rotatable bonds is 5. The van der Waals surface area contributed by atoms with Gasteiger partial charge in [-0.2, -0.15) is 0 Å². The lowest BCUT2D eigenvalue weighted by molar-refractivity contribution is 0.0946. The number of hydrogen-bond acceptors (Lipinski definition) is 4. The minimum absolute atomic E-state index is 0.0390. The summed E-state index contributed by atoms with van der Waals surface area (Å²) in [6.45, 7) is 0.489. The maximum Gasteiger partial charge on any atom is 0.270 e. The van der Waals surface area contributed by atoms with Crippen molar-refractivity contribution in [1.82, 2.24) is 10.3 Å². The van der Waals surface area contributed by atoms with Crippen LogP contribution in [0.15, 0.2) is 23.6 Å². The van der Waals surface area contributed by atoms with E-state index in [4.69, 9.17) is 28.9 Å². The molecule has 0 spiro atoms. The Kier molecular flexibility index (Phi) is 4.68. The molecule has 1 aromatic carbocycles. The van der Waals surface area contributed by atoms with Gasteiger partial charge in [-0.3, -0.25) is 4.79 Å². The third-order valence-corrected chi connectivity index (χ3v) is 5.26. The zero-order chi connectivity index (χ0) is 15.7. The van der Waals surface area contributed by atoms with Gasteiger partial charge in [-0.25, -0.2) is 4.98 Å². The molecule has 1 aliphatic carbocycles. The Hall–Kier alpha value is -1.14. The fourth-order valence-electron chi connectivity index (χ4n) is 2.13. The normalized spacial score (nSPS) is 15.6. The smallest absolute Gasteiger partial charge is 0.270 e. The molecule has 1 fully saturated rings. The molecule has 0 saturated heterocycles. The Balaban J connectivity index is 1.67. The number of benzene rings is 1. The quantitative estimate of drug-likeness (QED) is 0.860. The van der Waals surface area contributed by atoms with E-state index in [1.54, 1.807) is 17.5 Å². The second-order valence-electron chi connectivity index (χ2n) is 5.38. The van der Waals surface area contributed by atoms with Gasteiger partial charge in [0.1, 0.15) is 10.7 Å². The zero-order valence-corrected chi connectivity index (χ0v) is 14.0. The summed E-state index contributed by atoms with van der Waals surface area (Å²) in [6.07, 6.45) is 2.32. The first-order valence-electron chi connectivity index (χ1n) is 6.99. The molecule has 22 heavy (non-hydrogen) atoms. The van der Waals surface area contributed by atoms with E-state index in [9.17, 15) is 4.79 Å². The second kappa shape index (κ2) is 6.54. The maximum atomic E-state index is 12.1. The highest BCUT2D eigenvalue weighted by molar-refractivity contribution is 7.13. The fraction of sp³-hybridized carbons (Fsp3) is 0.333. The molecule has 3 rings (SSSR count). The molecular formula is C15H15Cl2N3OS. The lowest BCUT2D eigenvalue weighted by Crippen LogP contribution is -2.38. The van der Waals surface area contributed by atoms with Crippen LogP contribution < -0.4 is 11.1 Å². The molecule has 1 aromatic heterocycles. The molecular weight excluding hydrogens is 341 g/mol. The zero-order valence-electron chi connectivity index (χ0n) is 11.7. The van der Waals surface area contributed by atoms with Crippen molar-refractivity contribution in [1.29, 1.82) is 0 Å². The molecule has 1 atom stereocenters. The third-order valence-electron chi connectivity index (χ3n) is 3.63. The van der Waals surface area contributed by atoms with E-state index in [0.717, 1.165) is 23.4 Å². The van der Waals surface area contributed by atoms with E-state index in [-0.39, 0.29) is 11.9 Å². The number of nitrogens with one attached hydrogen (secondary N) is 1. The largest absolute Gasteiger partial charge is 0.349 e. The van der Waals surface area contributed by atoms with Crippen molar-refractivity contribution < 1.29 is 4.79 Å². The van der Waals surface area contributed by atoms with Crippen LogP contribution in [0.2, 0.25) is 10.0 Å². The van der Waals surface area contributed by atoms with Crippen LogP contribution in [0, 0.1) is 5.92 Å². The van der Waals surface area contributed by atoms with Gasteiger partial charge in [-0.1, -0.05) is 29.3 Å². The van der Waals surface area contributed by atoms with Gasteiger partial charge >= 0.3 is 0 Å². The Morgan fingerprint density at radius 1 is 1.41 bits per heavy atom. The number of carbonyl (C=O) groups is 1. The second-order valence-corrected chi connectivity index (χ2v) is 7.05. The van der Waals surface area contributed by atoms with E-state index in [1.165, 1.54) is 11.3 Å². The number of aromatic nitrogens is 1. The van der Waals surface area contributed by atoms with Gasteiger partial charge in [0.05, 0.1) is 10.0 Å². The van der Waals surface area contributed by atoms with Crippen molar-refractivity contribution in [3.05, 3.63) is 39.3 Å². The number of carbonyl (C=O) groups excluding carboxylic acids is 1. The molecule has 0 aliphatic heterocycles. The molecule has 1 amide bonds. The van der Waals surface area contributed by atoms with Crippen LogP contribution in [0.1, 0.15) is 23.3 Å². The van der Waals surface area contributed by atoms with Crippen LogP contribution in [0.5, 0.6) is 0 Å². The highest BCUT2D eigenvalue weighted by Gasteiger charge is 2.28. The first-order chi connectivity index (χ1) is 10.5. The molecule has 4 nitrogen and oxygen atoms in total. The average molecular weight is 356 g/mol. The molecule has 1 saturated carbocycles. The Morgan fingerprint density at radius 2 is 2.18 bits per heavy atom. The van der Waals surface area contributed by atoms with Gasteiger partial charge in [0.25, 0.3) is 5.91 Å². The summed E-state index contributed by atoms with van der Waals surface area (Å²) in [5, 5.41) is 6.26. The molecule has 3 N–H and O–H groups in total. The van der Waals surface area contributed by atoms with Crippen LogP contribution in [0.25, 0.3) is 10.6 Å². The van der Waals surface area contributed by atoms with Gasteiger partial charge in [0, 0.05) is 23.5 Å². The van der Waals surface area contributed by atoms with E-state index in [1.807, 2.05) is 6.07 Å². The molecule has 0 radical (unpaired) electrons. The fourth-order valence-corrected chi connectivity index (χ4v) is 3.23. The summed E-state index contributed by atoms with van der Waals surface area (Å²) in [6, 6.07) is 5.33. The van der Waals surface area contributed by atoms with Gasteiger partial charge in [-0.15, -0.1) is 11.3 Å². The third kappa shape index (κ3) is 3.60. The van der Waals surface area contributed by atoms with Crippen LogP contribution >= 0.6 is 34.5 Å². The van der Waals surface area contributed by atoms with Gasteiger partial charge in [0.2, 0.25) is 0 Å². The summed E-state index contributed by atoms with van der Waals surface area (Å²) in [7, 11) is 0. The van der Waals surface area contributed by atoms with Crippen LogP contribution in [0.4, 0.5) is 0 Å². The number of nitrogens with zero attached hydrogens (tertiary/aromatic N) is 1. The highest BCUT2D eigenvalue weighted by atomic mass is 35.5. The van der Waals surface area contributed by atoms with Crippen LogP contribution in [0.3, 0.4) is 0 Å². The molecule has 1 unspecified atom stereocenters. The lowest BCUT2D eigenvalue weighted by atomic mass is 10.2. The number of amides is 1. The summed E-state index contributed by atoms with van der Waals surface area (Å²) in [4.78, 5) is 16.4. The van der Waals surface area contributed by atoms with Crippen molar-refractivity contribution in [2.45, 2.75) is 18.9 Å². The number of thiazole rings is 1. The van der Waals surface area contributed by atoms with E-state index >= 15 is 0 Å². The topological polar surface area (TPSA) is 68.0 Å². The predicted molar refractivity (Wildman–Crippen MR) is 90.6 cm³/mol. The molecule has 1 aliphatic rings. The van der Waals surface area contributed by atoms with Crippen LogP contribution in [-0.2, 0) is 0 Å². The standard InChI is InChI=1S/C15H15Cl2N3OS/c16-10-4-3-9(5-11(10)17)15-20-13(7-22-15)14(21)19-6-12(18)8-1-2-8/h3-5,7-8,12H,1-2,6,18H2,(H,19,21). The molecule has 2 aromatic rings. The Bertz CT molecular complexity index is 700. The summed E-state index contributed by atoms with van der Waals surface area (Å²) in [5.41, 5.74) is 7.21. The predicted octanol–water partition coefficient (Wildman–Crippen LogP) is 3.58. The van der Waals surface area contributed by atoms with E-state index in [0.29, 0.717) is 28.2 Å². The van der Waals surface area contributed by atoms with Crippen molar-refractivity contribution in [3.8, 4) is 10.6 Å². The minimum Gasteiger partial charge on any atom is -0.349 e. The molecule has 1 heterocycles. The number of nitrogens with two attached hydrogens (primary N) is 1. The van der Waals surface area contributed by atoms with Gasteiger partial charge in [0.15, 0.2) is 0 Å². The number of halogens is 2. The van der Waals surface area contributed by atoms with Gasteiger partial charge in [-0.05, 0) is 30.9 Å². The maximum absolute atomic E-state index is 12.1. The van der Waals surface area contributed by atoms with Crippen LogP contribution in [-0.4, -0.2) is 23.5 Å². The molecule has 116 valence electrons. The molecule has 0 bridgehead atoms. The SMILES string of the molecule is NC(CNC(=O)c1csc(-c2ccc(Cl)c(Cl)c2)n1)C1CC1. The van der Waals surface area contributed by atoms with Crippen molar-refractivity contribution in [2.75, 3.05) is 6.54 Å². The highest BCUT2D eigenvalue weighted by Crippen LogP contribution is 2.31. The summed E-state index contributed by atoms with van der Waals surface area (Å²) < 4.78 is 0. The van der Waals surface area contributed by atoms with E-state index < -0.39 is 0 Å². The first kappa shape index (κ1) is 15.7. The number of hydrogen-bond donors (Lipinski definition) is 2. The Labute approximate surface area is 142 Å². The van der Waals surface area contributed by atoms with E-state index in [2.05, 4.69) is 10.3 Å². The molecule has 7 heteroatoms. The monoisotopic (exact) mass is 355 g/mol. The summed E-state index contributed by atoms with van der Waals surface area (Å²) >= 11 is 13.3. The first-order valence-corrected chi connectivity index (χ1v) is 8.63. The lowest BCUT2D eigenvalue weighted by Gasteiger charge is -2.10. The summed E-state index contributed by atoms with van der Waals surface area (Å²) in [5.74, 6) is 0.362. The van der Waals surface area contributed by atoms with Crippen molar-refractivity contribution >= 4 is 40.4 Å². The average Bonchev–Trinajstić information content (AvgIpc) is 3.24. The minimum atomic E-state index is -0.196.